The van der Waals surface area contributed by atoms with Crippen LogP contribution >= 0.6 is 0 Å². The molecule has 0 spiro atoms. The van der Waals surface area contributed by atoms with E-state index >= 15 is 0 Å². The minimum absolute atomic E-state index is 0.376. The van der Waals surface area contributed by atoms with Crippen molar-refractivity contribution < 1.29 is 19.0 Å². The van der Waals surface area contributed by atoms with Crippen LogP contribution in [0.1, 0.15) is 102 Å². The van der Waals surface area contributed by atoms with Gasteiger partial charge in [0.2, 0.25) is 0 Å². The number of esters is 1. The summed E-state index contributed by atoms with van der Waals surface area (Å²) in [6, 6.07) is 14.5. The van der Waals surface area contributed by atoms with E-state index in [9.17, 15) is 4.79 Å². The minimum atomic E-state index is -0.376. The molecule has 4 heteroatoms. The molecule has 4 nitrogen and oxygen atoms in total. The Morgan fingerprint density at radius 1 is 0.778 bits per heavy atom. The van der Waals surface area contributed by atoms with Crippen molar-refractivity contribution in [3.05, 3.63) is 54.1 Å². The molecule has 1 saturated carbocycles. The van der Waals surface area contributed by atoms with Crippen molar-refractivity contribution in [3.8, 4) is 17.2 Å². The lowest BCUT2D eigenvalue weighted by Crippen LogP contribution is -2.20. The highest BCUT2D eigenvalue weighted by molar-refractivity contribution is 5.91. The number of ether oxygens (including phenoxy) is 3. The first-order valence-electron chi connectivity index (χ1n) is 14.2. The van der Waals surface area contributed by atoms with Crippen molar-refractivity contribution in [1.82, 2.24) is 0 Å². The van der Waals surface area contributed by atoms with Gasteiger partial charge in [0.05, 0.1) is 18.8 Å². The molecule has 198 valence electrons. The molecule has 36 heavy (non-hydrogen) atoms. The van der Waals surface area contributed by atoms with Crippen molar-refractivity contribution >= 4 is 5.97 Å². The number of benzene rings is 2. The fourth-order valence-electron chi connectivity index (χ4n) is 4.75. The second kappa shape index (κ2) is 15.6. The standard InChI is InChI=1S/C32H46O4/c1-4-6-7-8-9-10-26-11-13-27(14-12-26)24-35-30-19-21-31(22-20-30)36-32(33)28-15-17-29(18-16-28)34-23-25(3)5-2/h15-22,25-27H,4-14,23-24H2,1-3H3/t25-,26-,27-/m0/s1. The molecule has 1 fully saturated rings. The molecule has 1 aliphatic carbocycles. The summed E-state index contributed by atoms with van der Waals surface area (Å²) >= 11 is 0. The summed E-state index contributed by atoms with van der Waals surface area (Å²) in [6.45, 7) is 8.03. The van der Waals surface area contributed by atoms with Crippen LogP contribution in [0.3, 0.4) is 0 Å². The van der Waals surface area contributed by atoms with Crippen molar-refractivity contribution in [2.75, 3.05) is 13.2 Å². The molecule has 2 aromatic rings. The van der Waals surface area contributed by atoms with Crippen LogP contribution in [-0.4, -0.2) is 19.2 Å². The number of rotatable bonds is 15. The molecular weight excluding hydrogens is 448 g/mol. The first-order chi connectivity index (χ1) is 17.6. The molecule has 0 saturated heterocycles. The summed E-state index contributed by atoms with van der Waals surface area (Å²) in [5, 5.41) is 0. The lowest BCUT2D eigenvalue weighted by atomic mass is 9.80. The van der Waals surface area contributed by atoms with Gasteiger partial charge < -0.3 is 14.2 Å². The van der Waals surface area contributed by atoms with Crippen molar-refractivity contribution in [2.45, 2.75) is 91.4 Å². The van der Waals surface area contributed by atoms with Crippen molar-refractivity contribution in [1.29, 1.82) is 0 Å². The molecule has 3 rings (SSSR count). The number of carbonyl (C=O) groups is 1. The largest absolute Gasteiger partial charge is 0.493 e. The van der Waals surface area contributed by atoms with E-state index in [1.54, 1.807) is 24.3 Å². The van der Waals surface area contributed by atoms with Crippen LogP contribution < -0.4 is 14.2 Å². The summed E-state index contributed by atoms with van der Waals surface area (Å²) in [6.07, 6.45) is 14.7. The van der Waals surface area contributed by atoms with Gasteiger partial charge in [0, 0.05) is 0 Å². The van der Waals surface area contributed by atoms with Gasteiger partial charge in [-0.3, -0.25) is 0 Å². The third kappa shape index (κ3) is 9.87. The van der Waals surface area contributed by atoms with Gasteiger partial charge in [-0.1, -0.05) is 78.6 Å². The molecule has 1 atom stereocenters. The summed E-state index contributed by atoms with van der Waals surface area (Å²) in [7, 11) is 0. The molecular formula is C32H46O4. The van der Waals surface area contributed by atoms with E-state index in [1.165, 1.54) is 64.2 Å². The average Bonchev–Trinajstić information content (AvgIpc) is 2.92. The Kier molecular flexibility index (Phi) is 12.2. The van der Waals surface area contributed by atoms with Gasteiger partial charge in [-0.25, -0.2) is 4.79 Å². The lowest BCUT2D eigenvalue weighted by Gasteiger charge is -2.28. The number of unbranched alkanes of at least 4 members (excludes halogenated alkanes) is 4. The number of hydrogen-bond acceptors (Lipinski definition) is 4. The second-order valence-corrected chi connectivity index (χ2v) is 10.6. The Bertz CT molecular complexity index is 866. The first-order valence-corrected chi connectivity index (χ1v) is 14.2. The van der Waals surface area contributed by atoms with Gasteiger partial charge in [0.25, 0.3) is 0 Å². The van der Waals surface area contributed by atoms with Crippen LogP contribution in [0.5, 0.6) is 17.2 Å². The van der Waals surface area contributed by atoms with Crippen LogP contribution in [0, 0.1) is 17.8 Å². The maximum atomic E-state index is 12.5. The van der Waals surface area contributed by atoms with E-state index in [1.807, 2.05) is 24.3 Å². The van der Waals surface area contributed by atoms with Crippen LogP contribution in [-0.2, 0) is 0 Å². The third-order valence-electron chi connectivity index (χ3n) is 7.52. The normalized spacial score (nSPS) is 18.4. The molecule has 0 amide bonds. The SMILES string of the molecule is CCCCCCC[C@H]1CC[C@H](COc2ccc(OC(=O)c3ccc(OC[C@@H](C)CC)cc3)cc2)CC1. The zero-order valence-electron chi connectivity index (χ0n) is 22.7. The van der Waals surface area contributed by atoms with E-state index < -0.39 is 0 Å². The van der Waals surface area contributed by atoms with Crippen LogP contribution in [0.2, 0.25) is 0 Å². The van der Waals surface area contributed by atoms with Crippen LogP contribution in [0.15, 0.2) is 48.5 Å². The highest BCUT2D eigenvalue weighted by Crippen LogP contribution is 2.32. The maximum Gasteiger partial charge on any atom is 0.343 e. The molecule has 0 N–H and O–H groups in total. The molecule has 0 unspecified atom stereocenters. The Balaban J connectivity index is 1.34. The van der Waals surface area contributed by atoms with Gasteiger partial charge in [-0.2, -0.15) is 0 Å². The Morgan fingerprint density at radius 3 is 2.03 bits per heavy atom. The first kappa shape index (κ1) is 28.1. The second-order valence-electron chi connectivity index (χ2n) is 10.6. The predicted molar refractivity (Wildman–Crippen MR) is 147 cm³/mol. The molecule has 0 heterocycles. The van der Waals surface area contributed by atoms with Crippen LogP contribution in [0.25, 0.3) is 0 Å². The molecule has 1 aliphatic rings. The smallest absolute Gasteiger partial charge is 0.343 e. The zero-order chi connectivity index (χ0) is 25.6. The summed E-state index contributed by atoms with van der Waals surface area (Å²) in [5.74, 6) is 3.82. The average molecular weight is 495 g/mol. The van der Waals surface area contributed by atoms with Gasteiger partial charge in [-0.05, 0) is 79.1 Å². The van der Waals surface area contributed by atoms with E-state index in [2.05, 4.69) is 20.8 Å². The van der Waals surface area contributed by atoms with Gasteiger partial charge in [0.1, 0.15) is 17.2 Å². The number of hydrogen-bond donors (Lipinski definition) is 0. The van der Waals surface area contributed by atoms with Crippen molar-refractivity contribution in [3.63, 3.8) is 0 Å². The molecule has 2 aromatic carbocycles. The topological polar surface area (TPSA) is 44.8 Å². The summed E-state index contributed by atoms with van der Waals surface area (Å²) < 4.78 is 17.4. The highest BCUT2D eigenvalue weighted by Gasteiger charge is 2.21. The third-order valence-corrected chi connectivity index (χ3v) is 7.52. The summed E-state index contributed by atoms with van der Waals surface area (Å²) in [4.78, 5) is 12.5. The van der Waals surface area contributed by atoms with E-state index in [-0.39, 0.29) is 5.97 Å². The van der Waals surface area contributed by atoms with E-state index in [4.69, 9.17) is 14.2 Å². The molecule has 0 aliphatic heterocycles. The van der Waals surface area contributed by atoms with Gasteiger partial charge in [-0.15, -0.1) is 0 Å². The van der Waals surface area contributed by atoms with Crippen molar-refractivity contribution in [2.24, 2.45) is 17.8 Å². The Labute approximate surface area is 218 Å². The fourth-order valence-corrected chi connectivity index (χ4v) is 4.75. The lowest BCUT2D eigenvalue weighted by molar-refractivity contribution is 0.0734. The fraction of sp³-hybridized carbons (Fsp3) is 0.594. The molecule has 0 aromatic heterocycles. The van der Waals surface area contributed by atoms with E-state index in [0.29, 0.717) is 29.8 Å². The molecule has 0 bridgehead atoms. The van der Waals surface area contributed by atoms with Crippen LogP contribution in [0.4, 0.5) is 0 Å². The quantitative estimate of drug-likeness (QED) is 0.141. The zero-order valence-corrected chi connectivity index (χ0v) is 22.7. The Hall–Kier alpha value is -2.49. The Morgan fingerprint density at radius 2 is 1.36 bits per heavy atom. The monoisotopic (exact) mass is 494 g/mol. The van der Waals surface area contributed by atoms with Gasteiger partial charge in [0.15, 0.2) is 0 Å². The van der Waals surface area contributed by atoms with Gasteiger partial charge >= 0.3 is 5.97 Å². The predicted octanol–water partition coefficient (Wildman–Crippen LogP) is 8.88. The number of carbonyl (C=O) groups excluding carboxylic acids is 1. The minimum Gasteiger partial charge on any atom is -0.493 e. The maximum absolute atomic E-state index is 12.5. The summed E-state index contributed by atoms with van der Waals surface area (Å²) in [5.41, 5.74) is 0.503. The molecule has 0 radical (unpaired) electrons. The highest BCUT2D eigenvalue weighted by atomic mass is 16.5. The van der Waals surface area contributed by atoms with E-state index in [0.717, 1.165) is 30.4 Å².